The highest BCUT2D eigenvalue weighted by Gasteiger charge is 2.23. The molecule has 208 valence electrons. The van der Waals surface area contributed by atoms with E-state index in [0.717, 1.165) is 11.4 Å². The molecule has 1 N–H and O–H groups in total. The van der Waals surface area contributed by atoms with Gasteiger partial charge in [0.05, 0.1) is 23.2 Å². The maximum Gasteiger partial charge on any atom is 0.308 e. The Labute approximate surface area is 234 Å². The molecule has 2 aromatic heterocycles. The molecule has 0 amide bonds. The average molecular weight is 561 g/mol. The van der Waals surface area contributed by atoms with Crippen molar-refractivity contribution in [2.75, 3.05) is 18.4 Å². The van der Waals surface area contributed by atoms with Crippen molar-refractivity contribution in [3.63, 3.8) is 0 Å². The number of esters is 1. The number of carbonyl (C=O) groups is 1. The van der Waals surface area contributed by atoms with Crippen LogP contribution in [0.1, 0.15) is 36.9 Å². The van der Waals surface area contributed by atoms with Crippen LogP contribution in [-0.2, 0) is 32.2 Å². The number of hydrogen-bond acceptors (Lipinski definition) is 9. The van der Waals surface area contributed by atoms with Gasteiger partial charge in [0.25, 0.3) is 10.1 Å². The van der Waals surface area contributed by atoms with Crippen LogP contribution in [-0.4, -0.2) is 42.3 Å². The van der Waals surface area contributed by atoms with Crippen LogP contribution >= 0.6 is 0 Å². The molecule has 9 nitrogen and oxygen atoms in total. The van der Waals surface area contributed by atoms with Crippen LogP contribution in [0.3, 0.4) is 0 Å². The van der Waals surface area contributed by atoms with Gasteiger partial charge in [0.15, 0.2) is 0 Å². The highest BCUT2D eigenvalue weighted by atomic mass is 32.2. The van der Waals surface area contributed by atoms with Crippen LogP contribution in [0, 0.1) is 0 Å². The molecule has 2 aromatic carbocycles. The van der Waals surface area contributed by atoms with Crippen molar-refractivity contribution < 1.29 is 22.1 Å². The Kier molecular flexibility index (Phi) is 9.96. The second kappa shape index (κ2) is 13.8. The van der Waals surface area contributed by atoms with Gasteiger partial charge < -0.3 is 10.1 Å². The van der Waals surface area contributed by atoms with Gasteiger partial charge >= 0.3 is 5.97 Å². The number of pyridine rings is 2. The predicted molar refractivity (Wildman–Crippen MR) is 152 cm³/mol. The maximum absolute atomic E-state index is 13.3. The zero-order valence-corrected chi connectivity index (χ0v) is 23.3. The molecule has 1 unspecified atom stereocenters. The van der Waals surface area contributed by atoms with Crippen LogP contribution in [0.2, 0.25) is 0 Å². The lowest BCUT2D eigenvalue weighted by Crippen LogP contribution is -2.29. The number of carbonyl (C=O) groups excluding carboxylic acids is 1. The van der Waals surface area contributed by atoms with E-state index in [-0.39, 0.29) is 4.90 Å². The Hall–Kier alpha value is -4.12. The monoisotopic (exact) mass is 560 g/mol. The van der Waals surface area contributed by atoms with Crippen LogP contribution in [0.4, 0.5) is 5.69 Å². The molecule has 1 atom stereocenters. The Bertz CT molecular complexity index is 1440. The van der Waals surface area contributed by atoms with E-state index in [1.54, 1.807) is 61.8 Å². The topological polar surface area (TPSA) is 111 Å². The van der Waals surface area contributed by atoms with Gasteiger partial charge in [-0.1, -0.05) is 36.4 Å². The first-order valence-corrected chi connectivity index (χ1v) is 14.3. The van der Waals surface area contributed by atoms with Crippen molar-refractivity contribution in [2.45, 2.75) is 37.9 Å². The van der Waals surface area contributed by atoms with E-state index >= 15 is 0 Å². The lowest BCUT2D eigenvalue weighted by molar-refractivity contribution is -0.131. The van der Waals surface area contributed by atoms with Crippen molar-refractivity contribution in [3.8, 4) is 5.75 Å². The Morgan fingerprint density at radius 2 is 1.48 bits per heavy atom. The summed E-state index contributed by atoms with van der Waals surface area (Å²) in [6.45, 7) is 5.32. The molecule has 0 fully saturated rings. The molecule has 0 aliphatic carbocycles. The summed E-state index contributed by atoms with van der Waals surface area (Å²) in [5.41, 5.74) is 2.95. The molecule has 0 saturated heterocycles. The third-order valence-electron chi connectivity index (χ3n) is 6.01. The molecule has 4 rings (SSSR count). The highest BCUT2D eigenvalue weighted by Crippen LogP contribution is 2.29. The SMILES string of the molecule is CC(=O)Oc1ccc(C(C)OS(=O)(=O)c2ccccc2NCCN(Cc2ccccn2)Cc2ccccn2)cc1. The summed E-state index contributed by atoms with van der Waals surface area (Å²) in [6.07, 6.45) is 2.78. The first-order chi connectivity index (χ1) is 19.3. The van der Waals surface area contributed by atoms with Gasteiger partial charge in [-0.05, 0) is 61.0 Å². The van der Waals surface area contributed by atoms with E-state index in [2.05, 4.69) is 20.2 Å². The maximum atomic E-state index is 13.3. The first-order valence-electron chi connectivity index (χ1n) is 12.9. The van der Waals surface area contributed by atoms with Crippen LogP contribution < -0.4 is 10.1 Å². The molecule has 0 saturated carbocycles. The molecule has 10 heteroatoms. The lowest BCUT2D eigenvalue weighted by Gasteiger charge is -2.22. The highest BCUT2D eigenvalue weighted by molar-refractivity contribution is 7.87. The fourth-order valence-corrected chi connectivity index (χ4v) is 5.35. The van der Waals surface area contributed by atoms with Crippen molar-refractivity contribution in [2.24, 2.45) is 0 Å². The third-order valence-corrected chi connectivity index (χ3v) is 7.44. The largest absolute Gasteiger partial charge is 0.427 e. The average Bonchev–Trinajstić information content (AvgIpc) is 2.94. The molecule has 0 aliphatic rings. The van der Waals surface area contributed by atoms with E-state index < -0.39 is 22.2 Å². The summed E-state index contributed by atoms with van der Waals surface area (Å²) in [6, 6.07) is 24.8. The molecule has 40 heavy (non-hydrogen) atoms. The lowest BCUT2D eigenvalue weighted by atomic mass is 10.1. The minimum atomic E-state index is -4.10. The van der Waals surface area contributed by atoms with E-state index in [1.807, 2.05) is 36.4 Å². The van der Waals surface area contributed by atoms with Crippen molar-refractivity contribution in [3.05, 3.63) is 114 Å². The molecule has 0 spiro atoms. The van der Waals surface area contributed by atoms with Gasteiger partial charge in [0, 0.05) is 45.5 Å². The smallest absolute Gasteiger partial charge is 0.308 e. The van der Waals surface area contributed by atoms with Gasteiger partial charge in [-0.2, -0.15) is 8.42 Å². The van der Waals surface area contributed by atoms with Gasteiger partial charge in [0.2, 0.25) is 0 Å². The van der Waals surface area contributed by atoms with E-state index in [1.165, 1.54) is 13.0 Å². The normalized spacial score (nSPS) is 12.2. The number of para-hydroxylation sites is 1. The zero-order valence-electron chi connectivity index (χ0n) is 22.4. The Balaban J connectivity index is 1.42. The first kappa shape index (κ1) is 28.9. The quantitative estimate of drug-likeness (QED) is 0.137. The van der Waals surface area contributed by atoms with Crippen molar-refractivity contribution in [1.82, 2.24) is 14.9 Å². The summed E-state index contributed by atoms with van der Waals surface area (Å²) >= 11 is 0. The standard InChI is InChI=1S/C30H32N4O5S/c1-23(25-13-15-28(16-14-25)38-24(2)35)39-40(36,37)30-12-4-3-11-29(30)33-19-20-34(21-26-9-5-7-17-31-26)22-27-10-6-8-18-32-27/h3-18,23,33H,19-22H2,1-2H3. The number of benzene rings is 2. The number of aromatic nitrogens is 2. The van der Waals surface area contributed by atoms with E-state index in [0.29, 0.717) is 43.2 Å². The van der Waals surface area contributed by atoms with E-state index in [4.69, 9.17) is 8.92 Å². The van der Waals surface area contributed by atoms with Crippen LogP contribution in [0.5, 0.6) is 5.75 Å². The molecular formula is C30H32N4O5S. The summed E-state index contributed by atoms with van der Waals surface area (Å²) in [5, 5.41) is 3.27. The number of rotatable bonds is 13. The number of anilines is 1. The molecule has 0 aliphatic heterocycles. The second-order valence-electron chi connectivity index (χ2n) is 9.13. The predicted octanol–water partition coefficient (Wildman–Crippen LogP) is 4.98. The fourth-order valence-electron chi connectivity index (χ4n) is 4.11. The fraction of sp³-hybridized carbons (Fsp3) is 0.233. The third kappa shape index (κ3) is 8.44. The van der Waals surface area contributed by atoms with Gasteiger partial charge in [-0.3, -0.25) is 23.8 Å². The zero-order chi connectivity index (χ0) is 28.4. The Morgan fingerprint density at radius 3 is 2.05 bits per heavy atom. The minimum Gasteiger partial charge on any atom is -0.427 e. The number of hydrogen-bond donors (Lipinski definition) is 1. The summed E-state index contributed by atoms with van der Waals surface area (Å²) < 4.78 is 37.1. The number of ether oxygens (including phenoxy) is 1. The van der Waals surface area contributed by atoms with Gasteiger partial charge in [-0.25, -0.2) is 0 Å². The van der Waals surface area contributed by atoms with Crippen molar-refractivity contribution >= 4 is 21.8 Å². The molecule has 0 bridgehead atoms. The van der Waals surface area contributed by atoms with E-state index in [9.17, 15) is 13.2 Å². The van der Waals surface area contributed by atoms with Crippen molar-refractivity contribution in [1.29, 1.82) is 0 Å². The second-order valence-corrected chi connectivity index (χ2v) is 10.7. The molecular weight excluding hydrogens is 528 g/mol. The number of nitrogens with one attached hydrogen (secondary N) is 1. The summed E-state index contributed by atoms with van der Waals surface area (Å²) in [7, 11) is -4.10. The van der Waals surface area contributed by atoms with Gasteiger partial charge in [0.1, 0.15) is 10.6 Å². The minimum absolute atomic E-state index is 0.0550. The Morgan fingerprint density at radius 1 is 0.875 bits per heavy atom. The van der Waals surface area contributed by atoms with Gasteiger partial charge in [-0.15, -0.1) is 0 Å². The molecule has 4 aromatic rings. The molecule has 2 heterocycles. The summed E-state index contributed by atoms with van der Waals surface area (Å²) in [5.74, 6) is -0.0543. The molecule has 0 radical (unpaired) electrons. The number of nitrogens with zero attached hydrogens (tertiary/aromatic N) is 3. The van der Waals surface area contributed by atoms with Crippen LogP contribution in [0.25, 0.3) is 0 Å². The van der Waals surface area contributed by atoms with Crippen LogP contribution in [0.15, 0.2) is 102 Å². The summed E-state index contributed by atoms with van der Waals surface area (Å²) in [4.78, 5) is 22.3.